The fraction of sp³-hybridized carbons (Fsp3) is 0.182. The van der Waals surface area contributed by atoms with Crippen LogP contribution in [0.3, 0.4) is 0 Å². The summed E-state index contributed by atoms with van der Waals surface area (Å²) in [6, 6.07) is 6.89. The summed E-state index contributed by atoms with van der Waals surface area (Å²) in [7, 11) is -3.09. The fourth-order valence-corrected chi connectivity index (χ4v) is 2.43. The van der Waals surface area contributed by atoms with Gasteiger partial charge in [-0.1, -0.05) is 18.2 Å². The Morgan fingerprint density at radius 3 is 2.32 bits per heavy atom. The Balaban J connectivity index is 2.43. The molecule has 1 aromatic carbocycles. The molecule has 0 saturated carbocycles. The van der Waals surface area contributed by atoms with Crippen molar-refractivity contribution in [2.45, 2.75) is 5.75 Å². The Bertz CT molecular complexity index is 695. The molecule has 2 aromatic rings. The van der Waals surface area contributed by atoms with Crippen LogP contribution in [0.2, 0.25) is 0 Å². The monoisotopic (exact) mass is 279 g/mol. The average Bonchev–Trinajstić information content (AvgIpc) is 2.25. The lowest BCUT2D eigenvalue weighted by atomic mass is 10.1. The van der Waals surface area contributed by atoms with Crippen molar-refractivity contribution >= 4 is 21.7 Å². The molecule has 1 aromatic heterocycles. The third-order valence-electron chi connectivity index (χ3n) is 2.28. The zero-order chi connectivity index (χ0) is 14.0. The first-order valence-corrected chi connectivity index (χ1v) is 7.43. The summed E-state index contributed by atoms with van der Waals surface area (Å²) in [5.74, 6) is 0.323. The first kappa shape index (κ1) is 13.2. The van der Waals surface area contributed by atoms with Crippen LogP contribution in [0.1, 0.15) is 5.56 Å². The van der Waals surface area contributed by atoms with Crippen molar-refractivity contribution in [2.75, 3.05) is 17.7 Å². The molecule has 100 valence electrons. The standard InChI is InChI=1S/C11H13N5O2S/c1-19(17,18)6-7-3-2-4-8(5-7)9-14-10(12)16-11(13)15-9/h2-5H,6H2,1H3,(H4,12,13,14,15,16). The van der Waals surface area contributed by atoms with E-state index in [1.54, 1.807) is 24.3 Å². The number of nitrogen functional groups attached to an aromatic ring is 2. The van der Waals surface area contributed by atoms with Gasteiger partial charge in [-0.2, -0.15) is 15.0 Å². The van der Waals surface area contributed by atoms with E-state index in [4.69, 9.17) is 11.5 Å². The molecule has 0 bridgehead atoms. The molecule has 8 heteroatoms. The number of nitrogens with two attached hydrogens (primary N) is 2. The second-order valence-electron chi connectivity index (χ2n) is 4.15. The molecule has 0 radical (unpaired) electrons. The predicted molar refractivity (Wildman–Crippen MR) is 72.6 cm³/mol. The van der Waals surface area contributed by atoms with Crippen molar-refractivity contribution < 1.29 is 8.42 Å². The van der Waals surface area contributed by atoms with Gasteiger partial charge in [0.2, 0.25) is 11.9 Å². The molecule has 0 aliphatic rings. The van der Waals surface area contributed by atoms with Crippen LogP contribution in [-0.2, 0) is 15.6 Å². The van der Waals surface area contributed by atoms with E-state index in [0.717, 1.165) is 0 Å². The molecule has 0 fully saturated rings. The van der Waals surface area contributed by atoms with Gasteiger partial charge >= 0.3 is 0 Å². The first-order chi connectivity index (χ1) is 8.83. The molecule has 19 heavy (non-hydrogen) atoms. The summed E-state index contributed by atoms with van der Waals surface area (Å²) in [6.07, 6.45) is 1.18. The van der Waals surface area contributed by atoms with Gasteiger partial charge < -0.3 is 11.5 Å². The van der Waals surface area contributed by atoms with Gasteiger partial charge in [-0.15, -0.1) is 0 Å². The van der Waals surface area contributed by atoms with Gasteiger partial charge in [-0.05, 0) is 11.6 Å². The van der Waals surface area contributed by atoms with Gasteiger partial charge in [0.05, 0.1) is 5.75 Å². The maximum Gasteiger partial charge on any atom is 0.225 e. The number of benzene rings is 1. The highest BCUT2D eigenvalue weighted by Gasteiger charge is 2.08. The number of hydrogen-bond donors (Lipinski definition) is 2. The summed E-state index contributed by atoms with van der Waals surface area (Å²) < 4.78 is 22.6. The van der Waals surface area contributed by atoms with E-state index in [0.29, 0.717) is 17.0 Å². The fourth-order valence-electron chi connectivity index (χ4n) is 1.64. The van der Waals surface area contributed by atoms with Crippen LogP contribution in [0.25, 0.3) is 11.4 Å². The first-order valence-electron chi connectivity index (χ1n) is 5.37. The zero-order valence-electron chi connectivity index (χ0n) is 10.2. The lowest BCUT2D eigenvalue weighted by Crippen LogP contribution is -2.05. The van der Waals surface area contributed by atoms with E-state index in [2.05, 4.69) is 15.0 Å². The largest absolute Gasteiger partial charge is 0.368 e. The van der Waals surface area contributed by atoms with Gasteiger partial charge in [0.15, 0.2) is 15.7 Å². The van der Waals surface area contributed by atoms with Gasteiger partial charge in [-0.3, -0.25) is 0 Å². The third kappa shape index (κ3) is 3.62. The predicted octanol–water partition coefficient (Wildman–Crippen LogP) is 0.248. The molecular formula is C11H13N5O2S. The maximum atomic E-state index is 11.3. The van der Waals surface area contributed by atoms with E-state index < -0.39 is 9.84 Å². The van der Waals surface area contributed by atoms with Gasteiger partial charge in [0.1, 0.15) is 0 Å². The van der Waals surface area contributed by atoms with Crippen LogP contribution in [0, 0.1) is 0 Å². The van der Waals surface area contributed by atoms with E-state index >= 15 is 0 Å². The number of hydrogen-bond acceptors (Lipinski definition) is 7. The molecule has 0 aliphatic carbocycles. The third-order valence-corrected chi connectivity index (χ3v) is 3.14. The molecule has 0 aliphatic heterocycles. The molecule has 0 saturated heterocycles. The number of nitrogens with zero attached hydrogens (tertiary/aromatic N) is 3. The minimum absolute atomic E-state index is 0.0241. The van der Waals surface area contributed by atoms with Crippen LogP contribution < -0.4 is 11.5 Å². The number of rotatable bonds is 3. The molecule has 4 N–H and O–H groups in total. The lowest BCUT2D eigenvalue weighted by Gasteiger charge is -2.04. The van der Waals surface area contributed by atoms with E-state index in [9.17, 15) is 8.42 Å². The van der Waals surface area contributed by atoms with Crippen LogP contribution in [0.5, 0.6) is 0 Å². The smallest absolute Gasteiger partial charge is 0.225 e. The summed E-state index contributed by atoms with van der Waals surface area (Å²) >= 11 is 0. The highest BCUT2D eigenvalue weighted by atomic mass is 32.2. The minimum atomic E-state index is -3.09. The highest BCUT2D eigenvalue weighted by Crippen LogP contribution is 2.18. The molecular weight excluding hydrogens is 266 g/mol. The van der Waals surface area contributed by atoms with Crippen LogP contribution in [0.15, 0.2) is 24.3 Å². The van der Waals surface area contributed by atoms with Gasteiger partial charge in [-0.25, -0.2) is 8.42 Å². The van der Waals surface area contributed by atoms with Gasteiger partial charge in [0, 0.05) is 11.8 Å². The lowest BCUT2D eigenvalue weighted by molar-refractivity contribution is 0.601. The van der Waals surface area contributed by atoms with Crippen LogP contribution >= 0.6 is 0 Å². The van der Waals surface area contributed by atoms with Crippen molar-refractivity contribution in [3.05, 3.63) is 29.8 Å². The van der Waals surface area contributed by atoms with Crippen molar-refractivity contribution in [2.24, 2.45) is 0 Å². The van der Waals surface area contributed by atoms with Crippen molar-refractivity contribution in [1.29, 1.82) is 0 Å². The molecule has 0 atom stereocenters. The molecule has 0 unspecified atom stereocenters. The Morgan fingerprint density at radius 1 is 1.11 bits per heavy atom. The Labute approximate surface area is 110 Å². The average molecular weight is 279 g/mol. The number of aromatic nitrogens is 3. The molecule has 2 rings (SSSR count). The Hall–Kier alpha value is -2.22. The molecule has 7 nitrogen and oxygen atoms in total. The highest BCUT2D eigenvalue weighted by molar-refractivity contribution is 7.89. The topological polar surface area (TPSA) is 125 Å². The summed E-state index contributed by atoms with van der Waals surface area (Å²) in [6.45, 7) is 0. The van der Waals surface area contributed by atoms with E-state index in [1.165, 1.54) is 6.26 Å². The summed E-state index contributed by atoms with van der Waals surface area (Å²) in [5.41, 5.74) is 12.3. The number of anilines is 2. The second-order valence-corrected chi connectivity index (χ2v) is 6.29. The van der Waals surface area contributed by atoms with Crippen molar-refractivity contribution in [3.8, 4) is 11.4 Å². The Kier molecular flexibility index (Phi) is 3.34. The minimum Gasteiger partial charge on any atom is -0.368 e. The van der Waals surface area contributed by atoms with Crippen molar-refractivity contribution in [1.82, 2.24) is 15.0 Å². The van der Waals surface area contributed by atoms with Crippen LogP contribution in [0.4, 0.5) is 11.9 Å². The molecule has 0 amide bonds. The quantitative estimate of drug-likeness (QED) is 0.824. The number of sulfone groups is 1. The van der Waals surface area contributed by atoms with E-state index in [1.807, 2.05) is 0 Å². The second kappa shape index (κ2) is 4.81. The van der Waals surface area contributed by atoms with Crippen LogP contribution in [-0.4, -0.2) is 29.6 Å². The van der Waals surface area contributed by atoms with Gasteiger partial charge in [0.25, 0.3) is 0 Å². The Morgan fingerprint density at radius 2 is 1.74 bits per heavy atom. The summed E-state index contributed by atoms with van der Waals surface area (Å²) in [5, 5.41) is 0. The SMILES string of the molecule is CS(=O)(=O)Cc1cccc(-c2nc(N)nc(N)n2)c1. The zero-order valence-corrected chi connectivity index (χ0v) is 11.1. The molecule has 1 heterocycles. The molecule has 0 spiro atoms. The van der Waals surface area contributed by atoms with E-state index in [-0.39, 0.29) is 17.6 Å². The van der Waals surface area contributed by atoms with Crippen molar-refractivity contribution in [3.63, 3.8) is 0 Å². The summed E-state index contributed by atoms with van der Waals surface area (Å²) in [4.78, 5) is 11.6. The maximum absolute atomic E-state index is 11.3. The normalized spacial score (nSPS) is 11.4.